The fraction of sp³-hybridized carbons (Fsp3) is 0.625. The number of thioether (sulfide) groups is 1. The van der Waals surface area contributed by atoms with Gasteiger partial charge in [-0.15, -0.1) is 11.8 Å². The molecule has 1 aromatic rings. The van der Waals surface area contributed by atoms with Gasteiger partial charge in [0.2, 0.25) is 0 Å². The van der Waals surface area contributed by atoms with Gasteiger partial charge in [-0.1, -0.05) is 33.8 Å². The minimum atomic E-state index is 0.675. The number of hydrogen-bond acceptors (Lipinski definition) is 2. The van der Waals surface area contributed by atoms with Crippen molar-refractivity contribution in [2.24, 2.45) is 5.92 Å². The summed E-state index contributed by atoms with van der Waals surface area (Å²) in [6.45, 7) is 13.4. The smallest absolute Gasteiger partial charge is 0.0208 e. The summed E-state index contributed by atoms with van der Waals surface area (Å²) < 4.78 is 0. The second-order valence-corrected chi connectivity index (χ2v) is 6.78. The van der Waals surface area contributed by atoms with Gasteiger partial charge in [0.25, 0.3) is 0 Å². The van der Waals surface area contributed by atoms with Crippen molar-refractivity contribution < 1.29 is 0 Å². The standard InChI is InChI=1S/C16H27NS/c1-6-9-17-11-15-7-8-16(10-13(15)4)18-14(5)12(2)3/h7-8,10,12,14,17H,6,9,11H2,1-5H3. The predicted octanol–water partition coefficient (Wildman–Crippen LogP) is 4.63. The highest BCUT2D eigenvalue weighted by Crippen LogP contribution is 2.29. The zero-order chi connectivity index (χ0) is 13.5. The van der Waals surface area contributed by atoms with Gasteiger partial charge in [0, 0.05) is 16.7 Å². The quantitative estimate of drug-likeness (QED) is 0.570. The third-order valence-electron chi connectivity index (χ3n) is 3.32. The predicted molar refractivity (Wildman–Crippen MR) is 83.3 cm³/mol. The molecular formula is C16H27NS. The fourth-order valence-corrected chi connectivity index (χ4v) is 2.78. The highest BCUT2D eigenvalue weighted by molar-refractivity contribution is 8.00. The van der Waals surface area contributed by atoms with E-state index in [1.54, 1.807) is 0 Å². The van der Waals surface area contributed by atoms with Crippen LogP contribution >= 0.6 is 11.8 Å². The van der Waals surface area contributed by atoms with Crippen LogP contribution in [0.1, 0.15) is 45.2 Å². The lowest BCUT2D eigenvalue weighted by molar-refractivity contribution is 0.642. The molecule has 1 N–H and O–H groups in total. The molecule has 0 saturated carbocycles. The minimum Gasteiger partial charge on any atom is -0.313 e. The van der Waals surface area contributed by atoms with Crippen LogP contribution in [0.25, 0.3) is 0 Å². The van der Waals surface area contributed by atoms with E-state index < -0.39 is 0 Å². The van der Waals surface area contributed by atoms with Gasteiger partial charge in [-0.3, -0.25) is 0 Å². The first-order valence-corrected chi connectivity index (χ1v) is 7.89. The van der Waals surface area contributed by atoms with Gasteiger partial charge < -0.3 is 5.32 Å². The van der Waals surface area contributed by atoms with Crippen LogP contribution in [-0.4, -0.2) is 11.8 Å². The van der Waals surface area contributed by atoms with E-state index in [2.05, 4.69) is 58.1 Å². The van der Waals surface area contributed by atoms with Crippen molar-refractivity contribution in [3.8, 4) is 0 Å². The molecule has 18 heavy (non-hydrogen) atoms. The topological polar surface area (TPSA) is 12.0 Å². The molecule has 102 valence electrons. The number of benzene rings is 1. The number of hydrogen-bond donors (Lipinski definition) is 1. The summed E-state index contributed by atoms with van der Waals surface area (Å²) in [7, 11) is 0. The van der Waals surface area contributed by atoms with Crippen molar-refractivity contribution in [1.82, 2.24) is 5.32 Å². The summed E-state index contributed by atoms with van der Waals surface area (Å²) in [6, 6.07) is 6.86. The van der Waals surface area contributed by atoms with E-state index in [1.807, 2.05) is 11.8 Å². The van der Waals surface area contributed by atoms with E-state index in [1.165, 1.54) is 22.4 Å². The normalized spacial score (nSPS) is 13.0. The van der Waals surface area contributed by atoms with Crippen LogP contribution in [0.3, 0.4) is 0 Å². The highest BCUT2D eigenvalue weighted by atomic mass is 32.2. The Morgan fingerprint density at radius 2 is 1.94 bits per heavy atom. The van der Waals surface area contributed by atoms with Crippen molar-refractivity contribution in [3.05, 3.63) is 29.3 Å². The van der Waals surface area contributed by atoms with Crippen molar-refractivity contribution in [2.75, 3.05) is 6.54 Å². The summed E-state index contributed by atoms with van der Waals surface area (Å²) in [6.07, 6.45) is 1.19. The van der Waals surface area contributed by atoms with Crippen molar-refractivity contribution in [1.29, 1.82) is 0 Å². The van der Waals surface area contributed by atoms with Crippen LogP contribution < -0.4 is 5.32 Å². The zero-order valence-electron chi connectivity index (χ0n) is 12.4. The molecule has 1 nitrogen and oxygen atoms in total. The molecule has 0 bridgehead atoms. The molecule has 0 aliphatic rings. The highest BCUT2D eigenvalue weighted by Gasteiger charge is 2.09. The third kappa shape index (κ3) is 5.03. The van der Waals surface area contributed by atoms with Crippen LogP contribution in [0, 0.1) is 12.8 Å². The first kappa shape index (κ1) is 15.6. The van der Waals surface area contributed by atoms with E-state index in [4.69, 9.17) is 0 Å². The number of aryl methyl sites for hydroxylation is 1. The molecule has 0 heterocycles. The van der Waals surface area contributed by atoms with E-state index in [0.29, 0.717) is 5.25 Å². The summed E-state index contributed by atoms with van der Waals surface area (Å²) >= 11 is 1.98. The Kier molecular flexibility index (Phi) is 6.80. The molecule has 1 atom stereocenters. The fourth-order valence-electron chi connectivity index (χ4n) is 1.69. The van der Waals surface area contributed by atoms with Gasteiger partial charge in [0.05, 0.1) is 0 Å². The van der Waals surface area contributed by atoms with Gasteiger partial charge in [0.15, 0.2) is 0 Å². The number of rotatable bonds is 7. The Morgan fingerprint density at radius 3 is 2.50 bits per heavy atom. The summed E-state index contributed by atoms with van der Waals surface area (Å²) in [4.78, 5) is 1.40. The van der Waals surface area contributed by atoms with Gasteiger partial charge in [-0.2, -0.15) is 0 Å². The van der Waals surface area contributed by atoms with E-state index >= 15 is 0 Å². The summed E-state index contributed by atoms with van der Waals surface area (Å²) in [5.41, 5.74) is 2.82. The molecule has 0 fully saturated rings. The number of nitrogens with one attached hydrogen (secondary N) is 1. The molecule has 0 radical (unpaired) electrons. The van der Waals surface area contributed by atoms with Gasteiger partial charge >= 0.3 is 0 Å². The molecule has 0 aliphatic carbocycles. The Labute approximate surface area is 117 Å². The van der Waals surface area contributed by atoms with E-state index in [9.17, 15) is 0 Å². The van der Waals surface area contributed by atoms with Crippen LogP contribution in [0.15, 0.2) is 23.1 Å². The Bertz CT molecular complexity index is 360. The maximum Gasteiger partial charge on any atom is 0.0208 e. The Hall–Kier alpha value is -0.470. The second-order valence-electron chi connectivity index (χ2n) is 5.33. The maximum absolute atomic E-state index is 3.46. The van der Waals surface area contributed by atoms with Gasteiger partial charge in [-0.25, -0.2) is 0 Å². The molecule has 1 aromatic carbocycles. The second kappa shape index (κ2) is 7.85. The van der Waals surface area contributed by atoms with Crippen LogP contribution in [0.5, 0.6) is 0 Å². The molecular weight excluding hydrogens is 238 g/mol. The molecule has 0 aromatic heterocycles. The van der Waals surface area contributed by atoms with Gasteiger partial charge in [-0.05, 0) is 49.1 Å². The first-order valence-electron chi connectivity index (χ1n) is 7.01. The maximum atomic E-state index is 3.46. The van der Waals surface area contributed by atoms with Crippen molar-refractivity contribution in [2.45, 2.75) is 57.7 Å². The van der Waals surface area contributed by atoms with Crippen LogP contribution in [0.2, 0.25) is 0 Å². The van der Waals surface area contributed by atoms with Gasteiger partial charge in [0.1, 0.15) is 0 Å². The Balaban J connectivity index is 2.61. The van der Waals surface area contributed by atoms with Crippen molar-refractivity contribution >= 4 is 11.8 Å². The average molecular weight is 265 g/mol. The lowest BCUT2D eigenvalue weighted by Crippen LogP contribution is -2.14. The Morgan fingerprint density at radius 1 is 1.22 bits per heavy atom. The minimum absolute atomic E-state index is 0.675. The summed E-state index contributed by atoms with van der Waals surface area (Å²) in [5, 5.41) is 4.14. The largest absolute Gasteiger partial charge is 0.313 e. The molecule has 0 aliphatic heterocycles. The van der Waals surface area contributed by atoms with Crippen LogP contribution in [-0.2, 0) is 6.54 Å². The SMILES string of the molecule is CCCNCc1ccc(SC(C)C(C)C)cc1C. The average Bonchev–Trinajstić information content (AvgIpc) is 2.32. The third-order valence-corrected chi connectivity index (χ3v) is 4.76. The monoisotopic (exact) mass is 265 g/mol. The van der Waals surface area contributed by atoms with E-state index in [-0.39, 0.29) is 0 Å². The molecule has 0 spiro atoms. The van der Waals surface area contributed by atoms with Crippen molar-refractivity contribution in [3.63, 3.8) is 0 Å². The molecule has 2 heteroatoms. The molecule has 0 amide bonds. The first-order chi connectivity index (χ1) is 8.54. The van der Waals surface area contributed by atoms with Crippen LogP contribution in [0.4, 0.5) is 0 Å². The summed E-state index contributed by atoms with van der Waals surface area (Å²) in [5.74, 6) is 0.723. The lowest BCUT2D eigenvalue weighted by Gasteiger charge is -2.16. The van der Waals surface area contributed by atoms with E-state index in [0.717, 1.165) is 19.0 Å². The molecule has 0 saturated heterocycles. The lowest BCUT2D eigenvalue weighted by atomic mass is 10.1. The zero-order valence-corrected chi connectivity index (χ0v) is 13.2. The molecule has 1 unspecified atom stereocenters. The molecule has 1 rings (SSSR count).